The van der Waals surface area contributed by atoms with Gasteiger partial charge in [0.2, 0.25) is 12.7 Å². The van der Waals surface area contributed by atoms with Crippen LogP contribution in [0.4, 0.5) is 5.82 Å². The first-order valence-corrected chi connectivity index (χ1v) is 9.98. The third-order valence-corrected chi connectivity index (χ3v) is 5.20. The number of nitrogens with zero attached hydrogens (tertiary/aromatic N) is 3. The van der Waals surface area contributed by atoms with Crippen molar-refractivity contribution >= 4 is 11.5 Å². The van der Waals surface area contributed by atoms with Gasteiger partial charge in [-0.15, -0.1) is 5.10 Å². The van der Waals surface area contributed by atoms with Gasteiger partial charge >= 0.3 is 0 Å². The van der Waals surface area contributed by atoms with Crippen LogP contribution in [-0.2, 0) is 6.54 Å². The van der Waals surface area contributed by atoms with Crippen LogP contribution >= 0.6 is 0 Å². The zero-order valence-electron chi connectivity index (χ0n) is 17.9. The van der Waals surface area contributed by atoms with Crippen LogP contribution in [0.15, 0.2) is 48.5 Å². The minimum atomic E-state index is 0.220. The third kappa shape index (κ3) is 3.47. The molecule has 0 radical (unpaired) electrons. The molecule has 0 spiro atoms. The molecule has 1 aliphatic rings. The molecule has 9 nitrogen and oxygen atoms in total. The number of aromatic nitrogens is 3. The Morgan fingerprint density at radius 1 is 0.906 bits per heavy atom. The number of methoxy groups -OCH3 is 3. The Morgan fingerprint density at radius 2 is 1.75 bits per heavy atom. The number of rotatable bonds is 7. The topological polar surface area (TPSA) is 88.4 Å². The molecule has 9 heteroatoms. The maximum atomic E-state index is 5.65. The van der Waals surface area contributed by atoms with Crippen molar-refractivity contribution in [2.75, 3.05) is 33.4 Å². The summed E-state index contributed by atoms with van der Waals surface area (Å²) in [7, 11) is 4.84. The van der Waals surface area contributed by atoms with E-state index in [4.69, 9.17) is 28.7 Å². The molecule has 164 valence electrons. The number of nitrogens with one attached hydrogen (secondary N) is 1. The number of hydrogen-bond acceptors (Lipinski definition) is 8. The van der Waals surface area contributed by atoms with E-state index in [1.54, 1.807) is 25.8 Å². The molecule has 1 aliphatic heterocycles. The zero-order valence-corrected chi connectivity index (χ0v) is 17.9. The average Bonchev–Trinajstić information content (AvgIpc) is 3.45. The molecule has 2 aromatic carbocycles. The summed E-state index contributed by atoms with van der Waals surface area (Å²) in [5, 5.41) is 7.99. The summed E-state index contributed by atoms with van der Waals surface area (Å²) < 4.78 is 28.9. The van der Waals surface area contributed by atoms with Crippen molar-refractivity contribution in [2.45, 2.75) is 6.54 Å². The van der Waals surface area contributed by atoms with Crippen LogP contribution in [-0.4, -0.2) is 42.7 Å². The monoisotopic (exact) mass is 434 g/mol. The largest absolute Gasteiger partial charge is 0.493 e. The summed E-state index contributed by atoms with van der Waals surface area (Å²) in [5.41, 5.74) is 3.24. The van der Waals surface area contributed by atoms with Gasteiger partial charge in [-0.25, -0.2) is 4.98 Å². The lowest BCUT2D eigenvalue weighted by Crippen LogP contribution is -2.05. The van der Waals surface area contributed by atoms with Gasteiger partial charge in [-0.1, -0.05) is 6.07 Å². The van der Waals surface area contributed by atoms with Gasteiger partial charge in [-0.05, 0) is 48.0 Å². The third-order valence-electron chi connectivity index (χ3n) is 5.20. The Bertz CT molecular complexity index is 1290. The van der Waals surface area contributed by atoms with Crippen molar-refractivity contribution in [3.63, 3.8) is 0 Å². The molecule has 0 saturated heterocycles. The molecule has 4 aromatic rings. The van der Waals surface area contributed by atoms with E-state index in [1.165, 1.54) is 0 Å². The Kier molecular flexibility index (Phi) is 5.06. The van der Waals surface area contributed by atoms with Crippen LogP contribution in [0.1, 0.15) is 5.56 Å². The van der Waals surface area contributed by atoms with Crippen LogP contribution in [0, 0.1) is 0 Å². The van der Waals surface area contributed by atoms with Crippen molar-refractivity contribution < 1.29 is 23.7 Å². The maximum Gasteiger partial charge on any atom is 0.243 e. The molecule has 1 N–H and O–H groups in total. The molecule has 32 heavy (non-hydrogen) atoms. The number of anilines is 1. The molecule has 0 amide bonds. The normalized spacial score (nSPS) is 12.1. The minimum Gasteiger partial charge on any atom is -0.493 e. The molecule has 2 aromatic heterocycles. The van der Waals surface area contributed by atoms with Gasteiger partial charge in [0.1, 0.15) is 11.5 Å². The molecule has 0 bridgehead atoms. The number of fused-ring (bicyclic) bond motifs is 2. The molecule has 0 atom stereocenters. The highest BCUT2D eigenvalue weighted by Gasteiger charge is 2.20. The van der Waals surface area contributed by atoms with Gasteiger partial charge in [0, 0.05) is 12.1 Å². The summed E-state index contributed by atoms with van der Waals surface area (Å²) in [5.74, 6) is 3.99. The lowest BCUT2D eigenvalue weighted by molar-refractivity contribution is 0.174. The number of benzene rings is 2. The van der Waals surface area contributed by atoms with Gasteiger partial charge in [-0.3, -0.25) is 0 Å². The van der Waals surface area contributed by atoms with Gasteiger partial charge in [-0.2, -0.15) is 4.52 Å². The van der Waals surface area contributed by atoms with E-state index in [9.17, 15) is 0 Å². The standard InChI is InChI=1S/C23H22N4O5/c1-28-16-6-4-14(10-18(16)29-2)12-24-20-8-9-21-25-22(23(30-3)27(21)26-20)15-5-7-17-19(11-15)32-13-31-17/h4-11H,12-13H2,1-3H3,(H,24,26). The van der Waals surface area contributed by atoms with Crippen molar-refractivity contribution in [1.82, 2.24) is 14.6 Å². The SMILES string of the molecule is COc1ccc(CNc2ccc3nc(-c4ccc5c(c4)OCO5)c(OC)n3n2)cc1OC. The van der Waals surface area contributed by atoms with Crippen molar-refractivity contribution in [2.24, 2.45) is 0 Å². The highest BCUT2D eigenvalue weighted by molar-refractivity contribution is 5.72. The minimum absolute atomic E-state index is 0.220. The number of imidazole rings is 1. The van der Waals surface area contributed by atoms with E-state index in [-0.39, 0.29) is 6.79 Å². The second-order valence-corrected chi connectivity index (χ2v) is 7.07. The summed E-state index contributed by atoms with van der Waals surface area (Å²) in [6.45, 7) is 0.780. The van der Waals surface area contributed by atoms with E-state index < -0.39 is 0 Å². The Hall–Kier alpha value is -4.14. The van der Waals surface area contributed by atoms with Gasteiger partial charge in [0.25, 0.3) is 0 Å². The number of hydrogen-bond donors (Lipinski definition) is 1. The molecular formula is C23H22N4O5. The second-order valence-electron chi connectivity index (χ2n) is 7.07. The van der Waals surface area contributed by atoms with E-state index in [0.717, 1.165) is 16.9 Å². The summed E-state index contributed by atoms with van der Waals surface area (Å²) in [4.78, 5) is 4.70. The lowest BCUT2D eigenvalue weighted by Gasteiger charge is -2.11. The summed E-state index contributed by atoms with van der Waals surface area (Å²) >= 11 is 0. The molecule has 0 unspecified atom stereocenters. The predicted molar refractivity (Wildman–Crippen MR) is 118 cm³/mol. The van der Waals surface area contributed by atoms with Crippen LogP contribution in [0.2, 0.25) is 0 Å². The first kappa shape index (κ1) is 19.8. The van der Waals surface area contributed by atoms with Crippen LogP contribution < -0.4 is 29.0 Å². The van der Waals surface area contributed by atoms with Crippen LogP contribution in [0.25, 0.3) is 16.9 Å². The fourth-order valence-electron chi connectivity index (χ4n) is 3.61. The molecule has 0 saturated carbocycles. The molecule has 0 aliphatic carbocycles. The highest BCUT2D eigenvalue weighted by atomic mass is 16.7. The fourth-order valence-corrected chi connectivity index (χ4v) is 3.61. The summed E-state index contributed by atoms with van der Waals surface area (Å²) in [6, 6.07) is 15.2. The van der Waals surface area contributed by atoms with Crippen LogP contribution in [0.3, 0.4) is 0 Å². The molecule has 0 fully saturated rings. The van der Waals surface area contributed by atoms with E-state index in [1.807, 2.05) is 48.5 Å². The highest BCUT2D eigenvalue weighted by Crippen LogP contribution is 2.38. The Morgan fingerprint density at radius 3 is 2.56 bits per heavy atom. The van der Waals surface area contributed by atoms with Crippen LogP contribution in [0.5, 0.6) is 28.9 Å². The zero-order chi connectivity index (χ0) is 22.1. The second kappa shape index (κ2) is 8.18. The smallest absolute Gasteiger partial charge is 0.243 e. The summed E-state index contributed by atoms with van der Waals surface area (Å²) in [6.07, 6.45) is 0. The Labute approximate surface area is 184 Å². The van der Waals surface area contributed by atoms with E-state index in [2.05, 4.69) is 10.4 Å². The maximum absolute atomic E-state index is 5.65. The molecule has 3 heterocycles. The lowest BCUT2D eigenvalue weighted by atomic mass is 10.1. The van der Waals surface area contributed by atoms with E-state index >= 15 is 0 Å². The fraction of sp³-hybridized carbons (Fsp3) is 0.217. The van der Waals surface area contributed by atoms with E-state index in [0.29, 0.717) is 46.8 Å². The number of ether oxygens (including phenoxy) is 5. The van der Waals surface area contributed by atoms with Crippen molar-refractivity contribution in [1.29, 1.82) is 0 Å². The molecular weight excluding hydrogens is 412 g/mol. The van der Waals surface area contributed by atoms with Gasteiger partial charge in [0.05, 0.1) is 21.3 Å². The van der Waals surface area contributed by atoms with Crippen molar-refractivity contribution in [3.05, 3.63) is 54.1 Å². The van der Waals surface area contributed by atoms with Gasteiger partial charge in [0.15, 0.2) is 28.6 Å². The quantitative estimate of drug-likeness (QED) is 0.470. The first-order valence-electron chi connectivity index (χ1n) is 9.98. The van der Waals surface area contributed by atoms with Gasteiger partial charge < -0.3 is 29.0 Å². The first-order chi connectivity index (χ1) is 15.7. The Balaban J connectivity index is 1.43. The average molecular weight is 434 g/mol. The molecule has 5 rings (SSSR count). The predicted octanol–water partition coefficient (Wildman–Crippen LogP) is 3.76. The van der Waals surface area contributed by atoms with Crippen molar-refractivity contribution in [3.8, 4) is 40.1 Å².